The summed E-state index contributed by atoms with van der Waals surface area (Å²) in [5.41, 5.74) is 7.81. The smallest absolute Gasteiger partial charge is 0.255 e. The van der Waals surface area contributed by atoms with E-state index in [2.05, 4.69) is 34.5 Å². The molecule has 1 fully saturated rings. The number of halogens is 1. The number of carbonyl (C=O) groups excluding carboxylic acids is 1. The van der Waals surface area contributed by atoms with Crippen LogP contribution in [-0.2, 0) is 11.3 Å². The van der Waals surface area contributed by atoms with Gasteiger partial charge in [-0.05, 0) is 18.1 Å². The molecule has 0 spiro atoms. The zero-order chi connectivity index (χ0) is 19.9. The lowest BCUT2D eigenvalue weighted by atomic mass is 10.1. The third-order valence-corrected chi connectivity index (χ3v) is 5.11. The second-order valence-electron chi connectivity index (χ2n) is 6.83. The number of rotatable bonds is 7. The number of nitrogens with zero attached hydrogens (tertiary/aromatic N) is 1. The summed E-state index contributed by atoms with van der Waals surface area (Å²) in [4.78, 5) is 14.9. The summed E-state index contributed by atoms with van der Waals surface area (Å²) in [5.74, 6) is 0.165. The van der Waals surface area contributed by atoms with Crippen LogP contribution < -0.4 is 15.8 Å². The van der Waals surface area contributed by atoms with Gasteiger partial charge in [0.2, 0.25) is 0 Å². The van der Waals surface area contributed by atoms with Crippen molar-refractivity contribution in [2.45, 2.75) is 19.1 Å². The van der Waals surface area contributed by atoms with E-state index in [-0.39, 0.29) is 12.0 Å². The number of anilines is 1. The largest absolute Gasteiger partial charge is 0.496 e. The van der Waals surface area contributed by atoms with E-state index >= 15 is 0 Å². The normalized spacial score (nSPS) is 17.3. The molecule has 150 valence electrons. The molecule has 3 rings (SSSR count). The van der Waals surface area contributed by atoms with Gasteiger partial charge >= 0.3 is 0 Å². The van der Waals surface area contributed by atoms with Crippen molar-refractivity contribution < 1.29 is 14.3 Å². The minimum Gasteiger partial charge on any atom is -0.496 e. The van der Waals surface area contributed by atoms with Crippen molar-refractivity contribution in [2.24, 2.45) is 0 Å². The molecule has 1 atom stereocenters. The molecule has 0 bridgehead atoms. The number of nitrogen functional groups attached to an aromatic ring is 1. The lowest BCUT2D eigenvalue weighted by Gasteiger charge is -2.33. The standard InChI is InChI=1S/C21H26ClN3O3/c1-27-20-12-19(23)18(22)11-17(20)21(26)24-8-7-16-14-25(9-10-28-16)13-15-5-3-2-4-6-15/h2-6,11-12,16H,7-10,13-14,23H2,1H3,(H,24,26). The Morgan fingerprint density at radius 2 is 2.14 bits per heavy atom. The van der Waals surface area contributed by atoms with Gasteiger partial charge in [-0.1, -0.05) is 41.9 Å². The number of amides is 1. The Bertz CT molecular complexity index is 801. The molecular formula is C21H26ClN3O3. The summed E-state index contributed by atoms with van der Waals surface area (Å²) < 4.78 is 11.1. The monoisotopic (exact) mass is 403 g/mol. The van der Waals surface area contributed by atoms with Crippen LogP contribution in [-0.4, -0.2) is 50.3 Å². The van der Waals surface area contributed by atoms with Crippen molar-refractivity contribution in [3.05, 3.63) is 58.6 Å². The van der Waals surface area contributed by atoms with E-state index in [0.29, 0.717) is 35.2 Å². The van der Waals surface area contributed by atoms with Gasteiger partial charge < -0.3 is 20.5 Å². The van der Waals surface area contributed by atoms with Gasteiger partial charge in [0.1, 0.15) is 5.75 Å². The molecule has 2 aromatic carbocycles. The molecule has 7 heteroatoms. The number of methoxy groups -OCH3 is 1. The Balaban J connectivity index is 1.49. The summed E-state index contributed by atoms with van der Waals surface area (Å²) in [7, 11) is 1.50. The Morgan fingerprint density at radius 1 is 1.36 bits per heavy atom. The van der Waals surface area contributed by atoms with E-state index in [1.165, 1.54) is 18.7 Å². The third-order valence-electron chi connectivity index (χ3n) is 4.79. The van der Waals surface area contributed by atoms with Crippen molar-refractivity contribution >= 4 is 23.2 Å². The van der Waals surface area contributed by atoms with Crippen LogP contribution in [0.3, 0.4) is 0 Å². The number of hydrogen-bond acceptors (Lipinski definition) is 5. The number of nitrogens with one attached hydrogen (secondary N) is 1. The number of carbonyl (C=O) groups is 1. The number of morpholine rings is 1. The van der Waals surface area contributed by atoms with Gasteiger partial charge in [0, 0.05) is 32.2 Å². The molecule has 1 unspecified atom stereocenters. The summed E-state index contributed by atoms with van der Waals surface area (Å²) in [5, 5.41) is 3.25. The van der Waals surface area contributed by atoms with Crippen molar-refractivity contribution in [2.75, 3.05) is 39.1 Å². The minimum absolute atomic E-state index is 0.0923. The number of benzene rings is 2. The molecule has 6 nitrogen and oxygen atoms in total. The molecule has 1 aliphatic rings. The highest BCUT2D eigenvalue weighted by atomic mass is 35.5. The Labute approximate surface area is 170 Å². The number of hydrogen-bond donors (Lipinski definition) is 2. The maximum absolute atomic E-state index is 12.5. The van der Waals surface area contributed by atoms with Crippen LogP contribution in [0, 0.1) is 0 Å². The van der Waals surface area contributed by atoms with Gasteiger partial charge in [0.15, 0.2) is 0 Å². The first-order valence-electron chi connectivity index (χ1n) is 9.36. The molecule has 0 aliphatic carbocycles. The van der Waals surface area contributed by atoms with E-state index < -0.39 is 0 Å². The van der Waals surface area contributed by atoms with Crippen molar-refractivity contribution in [1.82, 2.24) is 10.2 Å². The SMILES string of the molecule is COc1cc(N)c(Cl)cc1C(=O)NCCC1CN(Cc2ccccc2)CCO1. The number of ether oxygens (including phenoxy) is 2. The van der Waals surface area contributed by atoms with Crippen molar-refractivity contribution in [1.29, 1.82) is 0 Å². The minimum atomic E-state index is -0.240. The van der Waals surface area contributed by atoms with E-state index in [4.69, 9.17) is 26.8 Å². The maximum Gasteiger partial charge on any atom is 0.255 e. The molecule has 1 amide bonds. The molecule has 1 aliphatic heterocycles. The van der Waals surface area contributed by atoms with Crippen LogP contribution in [0.25, 0.3) is 0 Å². The first kappa shape index (κ1) is 20.5. The summed E-state index contributed by atoms with van der Waals surface area (Å²) >= 11 is 6.04. The maximum atomic E-state index is 12.5. The molecule has 28 heavy (non-hydrogen) atoms. The van der Waals surface area contributed by atoms with E-state index in [0.717, 1.165) is 26.1 Å². The quantitative estimate of drug-likeness (QED) is 0.695. The van der Waals surface area contributed by atoms with Gasteiger partial charge in [-0.15, -0.1) is 0 Å². The fourth-order valence-corrected chi connectivity index (χ4v) is 3.46. The average Bonchev–Trinajstić information content (AvgIpc) is 2.70. The first-order chi connectivity index (χ1) is 13.6. The zero-order valence-electron chi connectivity index (χ0n) is 16.0. The van der Waals surface area contributed by atoms with Gasteiger partial charge in [-0.3, -0.25) is 9.69 Å². The second-order valence-corrected chi connectivity index (χ2v) is 7.24. The first-order valence-corrected chi connectivity index (χ1v) is 9.73. The number of nitrogens with two attached hydrogens (primary N) is 1. The van der Waals surface area contributed by atoms with Crippen LogP contribution in [0.2, 0.25) is 5.02 Å². The van der Waals surface area contributed by atoms with E-state index in [1.54, 1.807) is 6.07 Å². The molecule has 1 saturated heterocycles. The van der Waals surface area contributed by atoms with Gasteiger partial charge in [-0.2, -0.15) is 0 Å². The topological polar surface area (TPSA) is 76.8 Å². The second kappa shape index (κ2) is 9.78. The highest BCUT2D eigenvalue weighted by Crippen LogP contribution is 2.28. The molecule has 0 aromatic heterocycles. The highest BCUT2D eigenvalue weighted by Gasteiger charge is 2.21. The molecule has 0 saturated carbocycles. The third kappa shape index (κ3) is 5.38. The van der Waals surface area contributed by atoms with Gasteiger partial charge in [0.25, 0.3) is 5.91 Å². The van der Waals surface area contributed by atoms with E-state index in [1.807, 2.05) is 6.07 Å². The molecule has 1 heterocycles. The van der Waals surface area contributed by atoms with Gasteiger partial charge in [-0.25, -0.2) is 0 Å². The molecular weight excluding hydrogens is 378 g/mol. The predicted molar refractivity (Wildman–Crippen MR) is 111 cm³/mol. The average molecular weight is 404 g/mol. The lowest BCUT2D eigenvalue weighted by Crippen LogP contribution is -2.43. The fourth-order valence-electron chi connectivity index (χ4n) is 3.30. The Morgan fingerprint density at radius 3 is 2.89 bits per heavy atom. The summed E-state index contributed by atoms with van der Waals surface area (Å²) in [6, 6.07) is 13.5. The molecule has 2 aromatic rings. The lowest BCUT2D eigenvalue weighted by molar-refractivity contribution is -0.0342. The van der Waals surface area contributed by atoms with Crippen LogP contribution in [0.1, 0.15) is 22.3 Å². The van der Waals surface area contributed by atoms with Crippen molar-refractivity contribution in [3.8, 4) is 5.75 Å². The Kier molecular flexibility index (Phi) is 7.14. The van der Waals surface area contributed by atoms with Crippen molar-refractivity contribution in [3.63, 3.8) is 0 Å². The Hall–Kier alpha value is -2.28. The predicted octanol–water partition coefficient (Wildman–Crippen LogP) is 2.95. The molecule has 0 radical (unpaired) electrons. The van der Waals surface area contributed by atoms with Crippen LogP contribution >= 0.6 is 11.6 Å². The van der Waals surface area contributed by atoms with Crippen LogP contribution in [0.5, 0.6) is 5.75 Å². The van der Waals surface area contributed by atoms with E-state index in [9.17, 15) is 4.79 Å². The van der Waals surface area contributed by atoms with Gasteiger partial charge in [0.05, 0.1) is 36.1 Å². The van der Waals surface area contributed by atoms with Crippen LogP contribution in [0.15, 0.2) is 42.5 Å². The van der Waals surface area contributed by atoms with Crippen LogP contribution in [0.4, 0.5) is 5.69 Å². The summed E-state index contributed by atoms with van der Waals surface area (Å²) in [6.45, 7) is 3.88. The fraction of sp³-hybridized carbons (Fsp3) is 0.381. The summed E-state index contributed by atoms with van der Waals surface area (Å²) in [6.07, 6.45) is 0.830. The zero-order valence-corrected chi connectivity index (χ0v) is 16.7. The highest BCUT2D eigenvalue weighted by molar-refractivity contribution is 6.33. The molecule has 3 N–H and O–H groups in total.